The first-order chi connectivity index (χ1) is 41.6. The van der Waals surface area contributed by atoms with Gasteiger partial charge in [-0.05, 0) is 116 Å². The lowest BCUT2D eigenvalue weighted by Crippen LogP contribution is -2.61. The lowest BCUT2D eigenvalue weighted by molar-refractivity contribution is -0.301. The number of rotatable bonds is 59. The van der Waals surface area contributed by atoms with E-state index in [2.05, 4.69) is 106 Å². The van der Waals surface area contributed by atoms with Crippen LogP contribution in [0.4, 0.5) is 0 Å². The van der Waals surface area contributed by atoms with E-state index in [-0.39, 0.29) is 25.9 Å². The van der Waals surface area contributed by atoms with E-state index in [9.17, 15) is 34.5 Å². The van der Waals surface area contributed by atoms with Crippen LogP contribution in [0.25, 0.3) is 0 Å². The molecule has 1 saturated heterocycles. The van der Waals surface area contributed by atoms with Gasteiger partial charge in [0.1, 0.15) is 18.8 Å². The van der Waals surface area contributed by atoms with Crippen LogP contribution < -0.4 is 0 Å². The lowest BCUT2D eigenvalue weighted by atomic mass is 9.98. The molecule has 12 heteroatoms. The number of aliphatic hydroxyl groups is 2. The van der Waals surface area contributed by atoms with Crippen molar-refractivity contribution in [3.63, 3.8) is 0 Å². The van der Waals surface area contributed by atoms with Crippen LogP contribution in [0.1, 0.15) is 303 Å². The third kappa shape index (κ3) is 49.6. The van der Waals surface area contributed by atoms with Crippen LogP contribution in [-0.4, -0.2) is 89.2 Å². The molecule has 6 unspecified atom stereocenters. The summed E-state index contributed by atoms with van der Waals surface area (Å²) in [7, 11) is 0. The van der Waals surface area contributed by atoms with E-state index in [4.69, 9.17) is 23.7 Å². The van der Waals surface area contributed by atoms with Crippen LogP contribution in [-0.2, 0) is 42.9 Å². The number of hydrogen-bond acceptors (Lipinski definition) is 11. The number of ether oxygens (including phenoxy) is 5. The highest BCUT2D eigenvalue weighted by Crippen LogP contribution is 2.27. The van der Waals surface area contributed by atoms with Crippen molar-refractivity contribution < 1.29 is 58.2 Å². The fraction of sp³-hybridized carbons (Fsp3) is 0.753. The van der Waals surface area contributed by atoms with Gasteiger partial charge in [-0.3, -0.25) is 14.4 Å². The maximum Gasteiger partial charge on any atom is 0.335 e. The summed E-state index contributed by atoms with van der Waals surface area (Å²) < 4.78 is 28.6. The SMILES string of the molecule is CC/C=C\C/C=C\C/C=C\CCCCCCCCCC(=O)OC(COC(=O)CCCCCCCCCCC/C=C\CCCCCCCC)COC1OC(C(=O)O)C(O)C(O)C1OC(=O)CCCCCCCC/C=C\C/C=C\C/C=C\CCCCC. The van der Waals surface area contributed by atoms with Crippen LogP contribution in [0.15, 0.2) is 85.1 Å². The molecule has 488 valence electrons. The van der Waals surface area contributed by atoms with Crippen LogP contribution in [0, 0.1) is 0 Å². The highest BCUT2D eigenvalue weighted by Gasteiger charge is 2.50. The standard InChI is InChI=1S/C73H124O12/c1-4-7-10-13-16-19-22-25-28-31-33-36-38-41-44-47-50-53-56-59-65(74)81-62-64(83-66(75)60-57-54-51-48-45-42-39-35-30-27-24-21-18-15-12-9-6-3)63-82-73-71(69(78)68(77)70(85-73)72(79)80)84-67(76)61-58-55-52-49-46-43-40-37-34-32-29-26-23-20-17-14-11-8-5-2/h9,12,17-18,20-21,25-30,34,37,64,68-71,73,77-78H,4-8,10-11,13-16,19,22-24,31-33,35-36,38-63H2,1-3H3,(H,79,80)/b12-9-,20-17-,21-18-,28-25-,29-26-,30-27-,37-34-. The molecule has 0 radical (unpaired) electrons. The van der Waals surface area contributed by atoms with Gasteiger partial charge < -0.3 is 39.0 Å². The van der Waals surface area contributed by atoms with Crippen molar-refractivity contribution in [2.24, 2.45) is 0 Å². The molecular formula is C73H124O12. The summed E-state index contributed by atoms with van der Waals surface area (Å²) in [6, 6.07) is 0. The van der Waals surface area contributed by atoms with E-state index in [0.29, 0.717) is 19.3 Å². The molecule has 1 heterocycles. The van der Waals surface area contributed by atoms with Crippen molar-refractivity contribution in [3.05, 3.63) is 85.1 Å². The Kier molecular flexibility index (Phi) is 55.9. The second-order valence-electron chi connectivity index (χ2n) is 23.4. The van der Waals surface area contributed by atoms with Crippen LogP contribution in [0.3, 0.4) is 0 Å². The van der Waals surface area contributed by atoms with E-state index < -0.39 is 67.3 Å². The molecule has 0 bridgehead atoms. The number of hydrogen-bond donors (Lipinski definition) is 3. The molecule has 85 heavy (non-hydrogen) atoms. The number of aliphatic hydroxyl groups excluding tert-OH is 2. The summed E-state index contributed by atoms with van der Waals surface area (Å²) in [6.45, 7) is 5.88. The highest BCUT2D eigenvalue weighted by atomic mass is 16.7. The Hall–Kier alpha value is -4.10. The molecule has 1 fully saturated rings. The predicted octanol–water partition coefficient (Wildman–Crippen LogP) is 19.0. The molecule has 3 N–H and O–H groups in total. The van der Waals surface area contributed by atoms with Crippen LogP contribution >= 0.6 is 0 Å². The maximum absolute atomic E-state index is 13.2. The molecule has 0 saturated carbocycles. The van der Waals surface area contributed by atoms with Crippen molar-refractivity contribution >= 4 is 23.9 Å². The average Bonchev–Trinajstić information content (AvgIpc) is 3.53. The Balaban J connectivity index is 2.65. The Morgan fingerprint density at radius 2 is 0.741 bits per heavy atom. The largest absolute Gasteiger partial charge is 0.479 e. The first-order valence-electron chi connectivity index (χ1n) is 34.6. The molecule has 0 aromatic rings. The molecular weight excluding hydrogens is 1070 g/mol. The van der Waals surface area contributed by atoms with Gasteiger partial charge in [0, 0.05) is 19.3 Å². The zero-order chi connectivity index (χ0) is 61.7. The number of carbonyl (C=O) groups excluding carboxylic acids is 3. The van der Waals surface area contributed by atoms with Crippen LogP contribution in [0.5, 0.6) is 0 Å². The summed E-state index contributed by atoms with van der Waals surface area (Å²) in [5.74, 6) is -3.14. The summed E-state index contributed by atoms with van der Waals surface area (Å²) in [6.07, 6.45) is 66.7. The first kappa shape index (κ1) is 78.9. The summed E-state index contributed by atoms with van der Waals surface area (Å²) >= 11 is 0. The van der Waals surface area contributed by atoms with Gasteiger partial charge in [0.15, 0.2) is 24.6 Å². The minimum absolute atomic E-state index is 0.0426. The second-order valence-corrected chi connectivity index (χ2v) is 23.4. The van der Waals surface area contributed by atoms with Crippen molar-refractivity contribution in [2.75, 3.05) is 13.2 Å². The maximum atomic E-state index is 13.2. The van der Waals surface area contributed by atoms with Crippen molar-refractivity contribution in [1.82, 2.24) is 0 Å². The molecule has 1 aliphatic rings. The summed E-state index contributed by atoms with van der Waals surface area (Å²) in [5, 5.41) is 31.7. The second kappa shape index (κ2) is 60.2. The molecule has 0 aliphatic carbocycles. The van der Waals surface area contributed by atoms with E-state index >= 15 is 0 Å². The van der Waals surface area contributed by atoms with Crippen molar-refractivity contribution in [1.29, 1.82) is 0 Å². The minimum atomic E-state index is -1.91. The van der Waals surface area contributed by atoms with Crippen molar-refractivity contribution in [2.45, 2.75) is 340 Å². The first-order valence-corrected chi connectivity index (χ1v) is 34.6. The van der Waals surface area contributed by atoms with E-state index in [1.807, 2.05) is 0 Å². The van der Waals surface area contributed by atoms with Crippen LogP contribution in [0.2, 0.25) is 0 Å². The molecule has 0 spiro atoms. The molecule has 1 aliphatic heterocycles. The Morgan fingerprint density at radius 1 is 0.400 bits per heavy atom. The lowest BCUT2D eigenvalue weighted by Gasteiger charge is -2.40. The quantitative estimate of drug-likeness (QED) is 0.0228. The summed E-state index contributed by atoms with van der Waals surface area (Å²) in [4.78, 5) is 51.5. The average molecular weight is 1190 g/mol. The number of carboxylic acids is 1. The van der Waals surface area contributed by atoms with Gasteiger partial charge in [0.25, 0.3) is 0 Å². The van der Waals surface area contributed by atoms with E-state index in [1.54, 1.807) is 0 Å². The number of allylic oxidation sites excluding steroid dienone is 14. The van der Waals surface area contributed by atoms with E-state index in [0.717, 1.165) is 135 Å². The third-order valence-electron chi connectivity index (χ3n) is 15.4. The number of unbranched alkanes of at least 4 members (excludes halogenated alkanes) is 31. The number of carboxylic acid groups (broad SMARTS) is 1. The fourth-order valence-corrected chi connectivity index (χ4v) is 10.2. The van der Waals surface area contributed by atoms with Gasteiger partial charge in [-0.25, -0.2) is 4.79 Å². The van der Waals surface area contributed by atoms with E-state index in [1.165, 1.54) is 109 Å². The summed E-state index contributed by atoms with van der Waals surface area (Å²) in [5.41, 5.74) is 0. The molecule has 0 amide bonds. The Morgan fingerprint density at radius 3 is 1.16 bits per heavy atom. The molecule has 12 nitrogen and oxygen atoms in total. The molecule has 0 aromatic heterocycles. The van der Waals surface area contributed by atoms with Gasteiger partial charge in [-0.1, -0.05) is 254 Å². The van der Waals surface area contributed by atoms with Gasteiger partial charge in [-0.2, -0.15) is 0 Å². The smallest absolute Gasteiger partial charge is 0.335 e. The van der Waals surface area contributed by atoms with Gasteiger partial charge in [0.05, 0.1) is 6.61 Å². The van der Waals surface area contributed by atoms with Gasteiger partial charge >= 0.3 is 23.9 Å². The Labute approximate surface area is 518 Å². The normalized spacial score (nSPS) is 18.0. The monoisotopic (exact) mass is 1190 g/mol. The van der Waals surface area contributed by atoms with Gasteiger partial charge in [0.2, 0.25) is 0 Å². The number of esters is 3. The minimum Gasteiger partial charge on any atom is -0.479 e. The zero-order valence-electron chi connectivity index (χ0n) is 54.1. The molecule has 6 atom stereocenters. The number of carbonyl (C=O) groups is 4. The topological polar surface area (TPSA) is 175 Å². The van der Waals surface area contributed by atoms with Crippen molar-refractivity contribution in [3.8, 4) is 0 Å². The zero-order valence-corrected chi connectivity index (χ0v) is 54.1. The number of aliphatic carboxylic acids is 1. The highest BCUT2D eigenvalue weighted by molar-refractivity contribution is 5.74. The van der Waals surface area contributed by atoms with Gasteiger partial charge in [-0.15, -0.1) is 0 Å². The fourth-order valence-electron chi connectivity index (χ4n) is 10.2. The third-order valence-corrected chi connectivity index (χ3v) is 15.4. The molecule has 0 aromatic carbocycles. The molecule has 1 rings (SSSR count). The Bertz CT molecular complexity index is 1800. The predicted molar refractivity (Wildman–Crippen MR) is 349 cm³/mol.